The van der Waals surface area contributed by atoms with Crippen LogP contribution in [0.4, 0.5) is 5.69 Å². The first-order valence-corrected chi connectivity index (χ1v) is 11.2. The van der Waals surface area contributed by atoms with Crippen molar-refractivity contribution in [2.45, 2.75) is 31.7 Å². The number of likely N-dealkylation sites (N-methyl/N-ethyl adjacent to an activating group) is 1. The second kappa shape index (κ2) is 9.03. The van der Waals surface area contributed by atoms with Gasteiger partial charge in [-0.25, -0.2) is 0 Å². The average molecular weight is 410 g/mol. The summed E-state index contributed by atoms with van der Waals surface area (Å²) >= 11 is 0. The molecule has 2 aromatic rings. The molecule has 2 aliphatic heterocycles. The van der Waals surface area contributed by atoms with E-state index in [1.54, 1.807) is 5.57 Å². The van der Waals surface area contributed by atoms with E-state index in [4.69, 9.17) is 4.99 Å². The second-order valence-electron chi connectivity index (χ2n) is 8.62. The molecule has 0 amide bonds. The van der Waals surface area contributed by atoms with Crippen LogP contribution in [0.5, 0.6) is 0 Å². The average Bonchev–Trinajstić information content (AvgIpc) is 3.01. The standard InChI is InChI=1S/C27H29N4/c1-31-17-5-8-23-18-26(22-13-15-28-16-14-22)30-27(25(23)19-31)29-24-11-9-21(10-12-24)20-6-3-2-4-7-20/h2-4,6,9-16,26H,5,7-8,17-19H2,1H3,(H,29,30). The largest absolute Gasteiger partial charge is 0.340 e. The van der Waals surface area contributed by atoms with Crippen molar-refractivity contribution >= 4 is 17.1 Å². The molecule has 1 aromatic heterocycles. The van der Waals surface area contributed by atoms with Crippen molar-refractivity contribution in [3.05, 3.63) is 95.7 Å². The number of nitrogens with zero attached hydrogens (tertiary/aromatic N) is 3. The van der Waals surface area contributed by atoms with Gasteiger partial charge in [0.05, 0.1) is 6.04 Å². The maximum Gasteiger partial charge on any atom is 0.130 e. The first kappa shape index (κ1) is 20.0. The van der Waals surface area contributed by atoms with E-state index in [0.717, 1.165) is 43.9 Å². The molecular formula is C27H29N4. The maximum atomic E-state index is 5.19. The van der Waals surface area contributed by atoms with E-state index in [1.165, 1.54) is 28.7 Å². The Labute approximate surface area is 185 Å². The smallest absolute Gasteiger partial charge is 0.130 e. The van der Waals surface area contributed by atoms with E-state index >= 15 is 0 Å². The van der Waals surface area contributed by atoms with Gasteiger partial charge in [0.25, 0.3) is 0 Å². The van der Waals surface area contributed by atoms with Crippen molar-refractivity contribution in [3.63, 3.8) is 0 Å². The first-order valence-electron chi connectivity index (χ1n) is 11.2. The molecule has 5 rings (SSSR count). The van der Waals surface area contributed by atoms with Crippen molar-refractivity contribution in [1.82, 2.24) is 9.88 Å². The van der Waals surface area contributed by atoms with Crippen LogP contribution in [0.15, 0.2) is 83.2 Å². The number of allylic oxidation sites excluding steroid dienone is 4. The van der Waals surface area contributed by atoms with Crippen molar-refractivity contribution in [2.24, 2.45) is 4.99 Å². The Morgan fingerprint density at radius 2 is 1.87 bits per heavy atom. The fourth-order valence-corrected chi connectivity index (χ4v) is 4.67. The molecule has 1 radical (unpaired) electrons. The lowest BCUT2D eigenvalue weighted by molar-refractivity contribution is 0.369. The quantitative estimate of drug-likeness (QED) is 0.717. The van der Waals surface area contributed by atoms with Crippen LogP contribution in [0.2, 0.25) is 0 Å². The highest BCUT2D eigenvalue weighted by atomic mass is 15.1. The van der Waals surface area contributed by atoms with Crippen LogP contribution in [-0.4, -0.2) is 35.9 Å². The lowest BCUT2D eigenvalue weighted by atomic mass is 9.90. The fraction of sp³-hybridized carbons (Fsp3) is 0.296. The predicted molar refractivity (Wildman–Crippen MR) is 129 cm³/mol. The summed E-state index contributed by atoms with van der Waals surface area (Å²) in [5.74, 6) is 1.03. The minimum absolute atomic E-state index is 0.154. The molecule has 0 saturated heterocycles. The molecule has 1 aromatic carbocycles. The molecule has 1 N–H and O–H groups in total. The first-order chi connectivity index (χ1) is 15.3. The highest BCUT2D eigenvalue weighted by molar-refractivity contribution is 6.09. The maximum absolute atomic E-state index is 5.19. The van der Waals surface area contributed by atoms with Crippen LogP contribution in [-0.2, 0) is 0 Å². The molecule has 1 unspecified atom stereocenters. The van der Waals surface area contributed by atoms with Gasteiger partial charge >= 0.3 is 0 Å². The predicted octanol–water partition coefficient (Wildman–Crippen LogP) is 5.61. The normalized spacial score (nSPS) is 21.8. The summed E-state index contributed by atoms with van der Waals surface area (Å²) in [5, 5.41) is 3.67. The summed E-state index contributed by atoms with van der Waals surface area (Å²) in [6.07, 6.45) is 16.7. The highest BCUT2D eigenvalue weighted by Crippen LogP contribution is 2.35. The topological polar surface area (TPSA) is 40.5 Å². The van der Waals surface area contributed by atoms with Crippen LogP contribution in [0.3, 0.4) is 0 Å². The van der Waals surface area contributed by atoms with Gasteiger partial charge < -0.3 is 10.2 Å². The molecule has 157 valence electrons. The summed E-state index contributed by atoms with van der Waals surface area (Å²) in [7, 11) is 2.21. The van der Waals surface area contributed by atoms with Crippen molar-refractivity contribution in [3.8, 4) is 0 Å². The molecule has 31 heavy (non-hydrogen) atoms. The summed E-state index contributed by atoms with van der Waals surface area (Å²) < 4.78 is 0. The van der Waals surface area contributed by atoms with E-state index in [-0.39, 0.29) is 6.04 Å². The van der Waals surface area contributed by atoms with Crippen molar-refractivity contribution in [2.75, 3.05) is 25.5 Å². The molecule has 0 saturated carbocycles. The number of rotatable bonds is 3. The lowest BCUT2D eigenvalue weighted by Crippen LogP contribution is -2.29. The summed E-state index contributed by atoms with van der Waals surface area (Å²) in [6, 6.07) is 13.1. The summed E-state index contributed by atoms with van der Waals surface area (Å²) in [5.41, 5.74) is 7.90. The van der Waals surface area contributed by atoms with Gasteiger partial charge in [0, 0.05) is 30.2 Å². The van der Waals surface area contributed by atoms with Crippen LogP contribution >= 0.6 is 0 Å². The van der Waals surface area contributed by atoms with Crippen LogP contribution in [0.1, 0.15) is 42.9 Å². The van der Waals surface area contributed by atoms with Gasteiger partial charge in [0.15, 0.2) is 0 Å². The number of nitrogens with one attached hydrogen (secondary N) is 1. The number of pyridine rings is 1. The van der Waals surface area contributed by atoms with E-state index in [9.17, 15) is 0 Å². The molecule has 3 heterocycles. The number of aliphatic imine (C=N–C) groups is 1. The number of hydrogen-bond acceptors (Lipinski definition) is 4. The Morgan fingerprint density at radius 3 is 2.65 bits per heavy atom. The van der Waals surface area contributed by atoms with Gasteiger partial charge in [-0.05, 0) is 86.7 Å². The number of hydrogen-bond donors (Lipinski definition) is 1. The van der Waals surface area contributed by atoms with E-state index in [0.29, 0.717) is 0 Å². The van der Waals surface area contributed by atoms with Gasteiger partial charge in [0.2, 0.25) is 0 Å². The van der Waals surface area contributed by atoms with Crippen LogP contribution in [0.25, 0.3) is 5.57 Å². The van der Waals surface area contributed by atoms with E-state index < -0.39 is 0 Å². The lowest BCUT2D eigenvalue weighted by Gasteiger charge is -2.27. The van der Waals surface area contributed by atoms with Gasteiger partial charge in [-0.15, -0.1) is 0 Å². The molecule has 1 atom stereocenters. The van der Waals surface area contributed by atoms with Gasteiger partial charge in [0.1, 0.15) is 5.84 Å². The zero-order valence-electron chi connectivity index (χ0n) is 18.1. The number of amidine groups is 1. The number of anilines is 1. The molecule has 4 heteroatoms. The van der Waals surface area contributed by atoms with E-state index in [2.05, 4.69) is 83.3 Å². The minimum atomic E-state index is 0.154. The van der Waals surface area contributed by atoms with Gasteiger partial charge in [-0.3, -0.25) is 9.98 Å². The minimum Gasteiger partial charge on any atom is -0.340 e. The second-order valence-corrected chi connectivity index (χ2v) is 8.62. The third-order valence-corrected chi connectivity index (χ3v) is 6.38. The Kier molecular flexibility index (Phi) is 5.81. The highest BCUT2D eigenvalue weighted by Gasteiger charge is 2.27. The van der Waals surface area contributed by atoms with Crippen molar-refractivity contribution in [1.29, 1.82) is 0 Å². The Balaban J connectivity index is 1.43. The monoisotopic (exact) mass is 409 g/mol. The van der Waals surface area contributed by atoms with Crippen molar-refractivity contribution < 1.29 is 0 Å². The number of aromatic nitrogens is 1. The molecule has 0 spiro atoms. The summed E-state index contributed by atoms with van der Waals surface area (Å²) in [4.78, 5) is 11.8. The Hall–Kier alpha value is -2.98. The van der Waals surface area contributed by atoms with Crippen LogP contribution < -0.4 is 5.32 Å². The Bertz CT molecular complexity index is 1040. The molecule has 3 aliphatic rings. The fourth-order valence-electron chi connectivity index (χ4n) is 4.67. The molecule has 4 nitrogen and oxygen atoms in total. The third kappa shape index (κ3) is 4.54. The SMILES string of the molecule is CN1CCCC2=C(C1)C(Nc1ccc(C3=CC=C[CH]C3)cc1)=NC(c1ccncc1)C2. The molecular weight excluding hydrogens is 380 g/mol. The molecule has 0 bridgehead atoms. The summed E-state index contributed by atoms with van der Waals surface area (Å²) in [6.45, 7) is 2.09. The van der Waals surface area contributed by atoms with Gasteiger partial charge in [-0.1, -0.05) is 35.9 Å². The number of benzene rings is 1. The van der Waals surface area contributed by atoms with Gasteiger partial charge in [-0.2, -0.15) is 0 Å². The molecule has 0 fully saturated rings. The van der Waals surface area contributed by atoms with E-state index in [1.807, 2.05) is 12.4 Å². The Morgan fingerprint density at radius 1 is 1.03 bits per heavy atom. The molecule has 1 aliphatic carbocycles. The number of dihydropyridines is 1. The third-order valence-electron chi connectivity index (χ3n) is 6.38. The zero-order chi connectivity index (χ0) is 21.0. The zero-order valence-corrected chi connectivity index (χ0v) is 18.1. The van der Waals surface area contributed by atoms with Crippen LogP contribution in [0, 0.1) is 6.42 Å².